The predicted octanol–water partition coefficient (Wildman–Crippen LogP) is 2.17. The number of nitrogens with one attached hydrogen (secondary N) is 1. The topological polar surface area (TPSA) is 58.4 Å². The summed E-state index contributed by atoms with van der Waals surface area (Å²) in [5.74, 6) is -0.696. The van der Waals surface area contributed by atoms with Crippen LogP contribution in [0.4, 0.5) is 10.1 Å². The van der Waals surface area contributed by atoms with E-state index in [1.807, 2.05) is 17.9 Å². The van der Waals surface area contributed by atoms with E-state index in [0.717, 1.165) is 37.8 Å². The highest BCUT2D eigenvalue weighted by Crippen LogP contribution is 2.32. The van der Waals surface area contributed by atoms with Crippen molar-refractivity contribution in [2.24, 2.45) is 5.73 Å². The number of nitrogens with zero attached hydrogens (tertiary/aromatic N) is 1. The van der Waals surface area contributed by atoms with Gasteiger partial charge >= 0.3 is 0 Å². The van der Waals surface area contributed by atoms with Crippen LogP contribution in [-0.4, -0.2) is 25.0 Å². The van der Waals surface area contributed by atoms with Gasteiger partial charge in [0.1, 0.15) is 5.82 Å². The van der Waals surface area contributed by atoms with Gasteiger partial charge in [0.15, 0.2) is 0 Å². The van der Waals surface area contributed by atoms with Crippen molar-refractivity contribution in [2.45, 2.75) is 45.2 Å². The molecule has 2 rings (SSSR count). The fourth-order valence-electron chi connectivity index (χ4n) is 3.06. The quantitative estimate of drug-likeness (QED) is 0.810. The number of carbonyl (C=O) groups is 1. The number of para-hydroxylation sites is 1. The molecule has 1 aromatic carbocycles. The van der Waals surface area contributed by atoms with Gasteiger partial charge in [0.25, 0.3) is 0 Å². The maximum absolute atomic E-state index is 14.4. The van der Waals surface area contributed by atoms with Gasteiger partial charge in [0.2, 0.25) is 5.91 Å². The molecule has 1 aromatic rings. The van der Waals surface area contributed by atoms with Crippen LogP contribution >= 0.6 is 0 Å². The molecule has 0 aliphatic heterocycles. The van der Waals surface area contributed by atoms with Crippen LogP contribution in [0.2, 0.25) is 0 Å². The van der Waals surface area contributed by atoms with Gasteiger partial charge in [-0.25, -0.2) is 4.39 Å². The Morgan fingerprint density at radius 2 is 2.14 bits per heavy atom. The lowest BCUT2D eigenvalue weighted by Gasteiger charge is -2.32. The molecule has 5 heteroatoms. The van der Waals surface area contributed by atoms with E-state index in [2.05, 4.69) is 5.32 Å². The van der Waals surface area contributed by atoms with Gasteiger partial charge in [-0.1, -0.05) is 31.9 Å². The lowest BCUT2D eigenvalue weighted by Crippen LogP contribution is -2.41. The summed E-state index contributed by atoms with van der Waals surface area (Å²) in [7, 11) is 0. The zero-order valence-electron chi connectivity index (χ0n) is 12.6. The first-order chi connectivity index (χ1) is 10.1. The van der Waals surface area contributed by atoms with Crippen molar-refractivity contribution >= 4 is 11.6 Å². The number of nitrogens with two attached hydrogens (primary N) is 1. The molecule has 0 spiro atoms. The van der Waals surface area contributed by atoms with Gasteiger partial charge in [-0.05, 0) is 31.0 Å². The molecule has 0 aromatic heterocycles. The normalized spacial score (nSPS) is 15.3. The third-order valence-corrected chi connectivity index (χ3v) is 4.01. The Bertz CT molecular complexity index is 486. The fourth-order valence-corrected chi connectivity index (χ4v) is 3.06. The Kier molecular flexibility index (Phi) is 5.56. The third kappa shape index (κ3) is 3.94. The second kappa shape index (κ2) is 7.41. The number of hydrogen-bond acceptors (Lipinski definition) is 3. The average molecular weight is 293 g/mol. The minimum absolute atomic E-state index is 0.0741. The van der Waals surface area contributed by atoms with E-state index in [0.29, 0.717) is 12.2 Å². The average Bonchev–Trinajstić information content (AvgIpc) is 2.97. The summed E-state index contributed by atoms with van der Waals surface area (Å²) in [5, 5.41) is 3.22. The number of halogens is 1. The van der Waals surface area contributed by atoms with Crippen LogP contribution in [0.1, 0.15) is 38.2 Å². The van der Waals surface area contributed by atoms with Crippen LogP contribution in [0.25, 0.3) is 0 Å². The van der Waals surface area contributed by atoms with Crippen molar-refractivity contribution in [2.75, 3.05) is 18.0 Å². The van der Waals surface area contributed by atoms with Gasteiger partial charge in [-0.3, -0.25) is 4.79 Å². The van der Waals surface area contributed by atoms with Crippen LogP contribution in [0.15, 0.2) is 18.2 Å². The molecular formula is C16H24FN3O. The third-order valence-electron chi connectivity index (χ3n) is 4.01. The minimum Gasteiger partial charge on any atom is -0.368 e. The number of benzene rings is 1. The molecule has 0 radical (unpaired) electrons. The van der Waals surface area contributed by atoms with E-state index < -0.39 is 5.91 Å². The van der Waals surface area contributed by atoms with E-state index in [9.17, 15) is 9.18 Å². The van der Waals surface area contributed by atoms with Gasteiger partial charge < -0.3 is 16.0 Å². The standard InChI is InChI=1S/C16H24FN3O/c1-2-19-10-12-6-5-9-14(17)16(12)20(11-15(18)21)13-7-3-4-8-13/h5-6,9,13,19H,2-4,7-8,10-11H2,1H3,(H2,18,21). The second-order valence-electron chi connectivity index (χ2n) is 5.56. The number of anilines is 1. The summed E-state index contributed by atoms with van der Waals surface area (Å²) < 4.78 is 14.4. The summed E-state index contributed by atoms with van der Waals surface area (Å²) >= 11 is 0. The molecule has 4 nitrogen and oxygen atoms in total. The summed E-state index contributed by atoms with van der Waals surface area (Å²) in [6, 6.07) is 5.27. The lowest BCUT2D eigenvalue weighted by atomic mass is 10.1. The number of hydrogen-bond donors (Lipinski definition) is 2. The zero-order valence-corrected chi connectivity index (χ0v) is 12.6. The molecule has 0 heterocycles. The highest BCUT2D eigenvalue weighted by atomic mass is 19.1. The highest BCUT2D eigenvalue weighted by molar-refractivity contribution is 5.80. The molecule has 0 saturated heterocycles. The Balaban J connectivity index is 2.34. The minimum atomic E-state index is -0.417. The molecule has 21 heavy (non-hydrogen) atoms. The van der Waals surface area contributed by atoms with Crippen molar-refractivity contribution in [1.29, 1.82) is 0 Å². The number of amides is 1. The molecule has 0 unspecified atom stereocenters. The van der Waals surface area contributed by atoms with Crippen LogP contribution in [0, 0.1) is 5.82 Å². The molecule has 0 bridgehead atoms. The molecule has 3 N–H and O–H groups in total. The molecule has 116 valence electrons. The Morgan fingerprint density at radius 1 is 1.43 bits per heavy atom. The van der Waals surface area contributed by atoms with Crippen LogP contribution in [-0.2, 0) is 11.3 Å². The maximum Gasteiger partial charge on any atom is 0.236 e. The summed E-state index contributed by atoms with van der Waals surface area (Å²) in [4.78, 5) is 13.3. The predicted molar refractivity (Wildman–Crippen MR) is 82.6 cm³/mol. The van der Waals surface area contributed by atoms with Crippen molar-refractivity contribution in [3.63, 3.8) is 0 Å². The molecule has 1 amide bonds. The van der Waals surface area contributed by atoms with E-state index in [1.165, 1.54) is 6.07 Å². The van der Waals surface area contributed by atoms with E-state index in [-0.39, 0.29) is 18.4 Å². The first kappa shape index (κ1) is 15.8. The summed E-state index contributed by atoms with van der Waals surface area (Å²) in [5.41, 5.74) is 6.79. The van der Waals surface area contributed by atoms with Crippen molar-refractivity contribution < 1.29 is 9.18 Å². The molecule has 1 aliphatic carbocycles. The van der Waals surface area contributed by atoms with Crippen LogP contribution in [0.3, 0.4) is 0 Å². The SMILES string of the molecule is CCNCc1cccc(F)c1N(CC(N)=O)C1CCCC1. The molecule has 1 fully saturated rings. The maximum atomic E-state index is 14.4. The van der Waals surface area contributed by atoms with Gasteiger partial charge in [0, 0.05) is 12.6 Å². The largest absolute Gasteiger partial charge is 0.368 e. The Morgan fingerprint density at radius 3 is 2.76 bits per heavy atom. The lowest BCUT2D eigenvalue weighted by molar-refractivity contribution is -0.116. The van der Waals surface area contributed by atoms with E-state index >= 15 is 0 Å². The van der Waals surface area contributed by atoms with Crippen LogP contribution in [0.5, 0.6) is 0 Å². The number of rotatable bonds is 7. The Labute approximate surface area is 125 Å². The second-order valence-corrected chi connectivity index (χ2v) is 5.56. The smallest absolute Gasteiger partial charge is 0.236 e. The van der Waals surface area contributed by atoms with Crippen molar-refractivity contribution in [1.82, 2.24) is 5.32 Å². The van der Waals surface area contributed by atoms with Crippen molar-refractivity contribution in [3.8, 4) is 0 Å². The Hall–Kier alpha value is -1.62. The van der Waals surface area contributed by atoms with E-state index in [4.69, 9.17) is 5.73 Å². The van der Waals surface area contributed by atoms with Gasteiger partial charge in [0.05, 0.1) is 12.2 Å². The molecule has 1 saturated carbocycles. The molecule has 1 aliphatic rings. The number of primary amides is 1. The van der Waals surface area contributed by atoms with Crippen molar-refractivity contribution in [3.05, 3.63) is 29.6 Å². The summed E-state index contributed by atoms with van der Waals surface area (Å²) in [6.07, 6.45) is 4.22. The molecular weight excluding hydrogens is 269 g/mol. The first-order valence-electron chi connectivity index (χ1n) is 7.66. The zero-order chi connectivity index (χ0) is 15.2. The van der Waals surface area contributed by atoms with Gasteiger partial charge in [-0.2, -0.15) is 0 Å². The first-order valence-corrected chi connectivity index (χ1v) is 7.66. The number of carbonyl (C=O) groups excluding carboxylic acids is 1. The highest BCUT2D eigenvalue weighted by Gasteiger charge is 2.27. The molecule has 0 atom stereocenters. The van der Waals surface area contributed by atoms with Gasteiger partial charge in [-0.15, -0.1) is 0 Å². The summed E-state index contributed by atoms with van der Waals surface area (Å²) in [6.45, 7) is 3.49. The fraction of sp³-hybridized carbons (Fsp3) is 0.562. The van der Waals surface area contributed by atoms with E-state index in [1.54, 1.807) is 6.07 Å². The van der Waals surface area contributed by atoms with Crippen LogP contribution < -0.4 is 16.0 Å². The monoisotopic (exact) mass is 293 g/mol.